The first-order valence-electron chi connectivity index (χ1n) is 4.18. The summed E-state index contributed by atoms with van der Waals surface area (Å²) in [5.74, 6) is 0. The molecule has 0 spiro atoms. The molecule has 1 aromatic heterocycles. The summed E-state index contributed by atoms with van der Waals surface area (Å²) in [6.07, 6.45) is 1.81. The second-order valence-electron chi connectivity index (χ2n) is 2.84. The van der Waals surface area contributed by atoms with Gasteiger partial charge in [0, 0.05) is 19.3 Å². The van der Waals surface area contributed by atoms with Crippen LogP contribution < -0.4 is 5.32 Å². The van der Waals surface area contributed by atoms with E-state index in [0.717, 1.165) is 25.4 Å². The Bertz CT molecular complexity index is 235. The number of nitrogens with one attached hydrogen (secondary N) is 1. The molecule has 1 aliphatic rings. The molecule has 0 saturated carbocycles. The average Bonchev–Trinajstić information content (AvgIpc) is 2.06. The highest BCUT2D eigenvalue weighted by molar-refractivity contribution is 5.19. The Morgan fingerprint density at radius 2 is 2.50 bits per heavy atom. The molecule has 0 bridgehead atoms. The van der Waals surface area contributed by atoms with E-state index < -0.39 is 0 Å². The zero-order valence-electron chi connectivity index (χ0n) is 6.92. The van der Waals surface area contributed by atoms with Gasteiger partial charge in [0.05, 0.1) is 18.9 Å². The highest BCUT2D eigenvalue weighted by Gasteiger charge is 2.05. The van der Waals surface area contributed by atoms with E-state index in [2.05, 4.69) is 16.4 Å². The van der Waals surface area contributed by atoms with Gasteiger partial charge in [-0.15, -0.1) is 0 Å². The van der Waals surface area contributed by atoms with Crippen molar-refractivity contribution in [3.8, 4) is 0 Å². The molecule has 1 aliphatic heterocycles. The van der Waals surface area contributed by atoms with Crippen LogP contribution in [0.3, 0.4) is 0 Å². The molecule has 0 radical (unpaired) electrons. The van der Waals surface area contributed by atoms with Crippen LogP contribution in [0.1, 0.15) is 11.3 Å². The molecule has 0 amide bonds. The number of pyridine rings is 1. The molecule has 0 atom stereocenters. The molecule has 0 fully saturated rings. The molecular formula is C9H12N2O. The highest BCUT2D eigenvalue weighted by atomic mass is 16.5. The topological polar surface area (TPSA) is 34.2 Å². The van der Waals surface area contributed by atoms with Gasteiger partial charge in [-0.2, -0.15) is 0 Å². The Kier molecular flexibility index (Phi) is 2.34. The normalized spacial score (nSPS) is 17.7. The molecule has 2 rings (SSSR count). The van der Waals surface area contributed by atoms with Crippen molar-refractivity contribution < 1.29 is 4.74 Å². The van der Waals surface area contributed by atoms with Crippen molar-refractivity contribution in [1.29, 1.82) is 0 Å². The predicted molar refractivity (Wildman–Crippen MR) is 45.6 cm³/mol. The Balaban J connectivity index is 2.24. The van der Waals surface area contributed by atoms with Crippen LogP contribution in [0.2, 0.25) is 0 Å². The predicted octanol–water partition coefficient (Wildman–Crippen LogP) is 0.701. The minimum atomic E-state index is 0.651. The summed E-state index contributed by atoms with van der Waals surface area (Å²) in [6.45, 7) is 3.26. The fourth-order valence-corrected chi connectivity index (χ4v) is 1.30. The first kappa shape index (κ1) is 7.71. The van der Waals surface area contributed by atoms with Crippen molar-refractivity contribution in [3.05, 3.63) is 29.6 Å². The van der Waals surface area contributed by atoms with Crippen LogP contribution in [0.15, 0.2) is 18.3 Å². The number of aromatic nitrogens is 1. The van der Waals surface area contributed by atoms with E-state index in [1.807, 2.05) is 12.3 Å². The molecule has 12 heavy (non-hydrogen) atoms. The van der Waals surface area contributed by atoms with E-state index in [9.17, 15) is 0 Å². The van der Waals surface area contributed by atoms with Gasteiger partial charge < -0.3 is 10.1 Å². The Morgan fingerprint density at radius 1 is 1.50 bits per heavy atom. The zero-order chi connectivity index (χ0) is 8.23. The van der Waals surface area contributed by atoms with Crippen molar-refractivity contribution in [3.63, 3.8) is 0 Å². The monoisotopic (exact) mass is 164 g/mol. The Labute approximate surface area is 71.8 Å². The number of fused-ring (bicyclic) bond motifs is 1. The number of ether oxygens (including phenoxy) is 1. The van der Waals surface area contributed by atoms with Crippen molar-refractivity contribution in [2.75, 3.05) is 13.2 Å². The van der Waals surface area contributed by atoms with Crippen molar-refractivity contribution >= 4 is 0 Å². The molecule has 0 aromatic carbocycles. The lowest BCUT2D eigenvalue weighted by molar-refractivity contribution is 0.115. The molecular weight excluding hydrogens is 152 g/mol. The number of hydrogen-bond donors (Lipinski definition) is 1. The summed E-state index contributed by atoms with van der Waals surface area (Å²) in [5.41, 5.74) is 2.31. The van der Waals surface area contributed by atoms with Crippen LogP contribution in [0.5, 0.6) is 0 Å². The SMILES string of the molecule is c1cnc2c(c1)CNCCOC2. The maximum atomic E-state index is 5.38. The van der Waals surface area contributed by atoms with Gasteiger partial charge >= 0.3 is 0 Å². The summed E-state index contributed by atoms with van der Waals surface area (Å²) in [6, 6.07) is 4.05. The van der Waals surface area contributed by atoms with Crippen LogP contribution in [0, 0.1) is 0 Å². The Morgan fingerprint density at radius 3 is 3.50 bits per heavy atom. The third-order valence-electron chi connectivity index (χ3n) is 1.96. The number of rotatable bonds is 0. The highest BCUT2D eigenvalue weighted by Crippen LogP contribution is 2.07. The second kappa shape index (κ2) is 3.65. The molecule has 3 nitrogen and oxygen atoms in total. The van der Waals surface area contributed by atoms with E-state index in [0.29, 0.717) is 6.61 Å². The summed E-state index contributed by atoms with van der Waals surface area (Å²) in [7, 11) is 0. The first-order chi connectivity index (χ1) is 5.97. The molecule has 64 valence electrons. The van der Waals surface area contributed by atoms with E-state index in [-0.39, 0.29) is 0 Å². The number of hydrogen-bond acceptors (Lipinski definition) is 3. The van der Waals surface area contributed by atoms with Crippen LogP contribution >= 0.6 is 0 Å². The lowest BCUT2D eigenvalue weighted by Gasteiger charge is -2.13. The largest absolute Gasteiger partial charge is 0.374 e. The molecule has 0 saturated heterocycles. The quantitative estimate of drug-likeness (QED) is 0.613. The maximum absolute atomic E-state index is 5.38. The third kappa shape index (κ3) is 1.62. The molecule has 1 aromatic rings. The van der Waals surface area contributed by atoms with Crippen LogP contribution in [-0.4, -0.2) is 18.1 Å². The summed E-state index contributed by atoms with van der Waals surface area (Å²) >= 11 is 0. The van der Waals surface area contributed by atoms with Crippen LogP contribution in [0.4, 0.5) is 0 Å². The van der Waals surface area contributed by atoms with Gasteiger partial charge in [-0.05, 0) is 11.6 Å². The summed E-state index contributed by atoms with van der Waals surface area (Å²) in [4.78, 5) is 4.26. The van der Waals surface area contributed by atoms with E-state index in [1.54, 1.807) is 0 Å². The average molecular weight is 164 g/mol. The lowest BCUT2D eigenvalue weighted by atomic mass is 10.2. The molecule has 0 unspecified atom stereocenters. The van der Waals surface area contributed by atoms with Crippen molar-refractivity contribution in [2.45, 2.75) is 13.2 Å². The van der Waals surface area contributed by atoms with Gasteiger partial charge in [-0.1, -0.05) is 6.07 Å². The van der Waals surface area contributed by atoms with Crippen molar-refractivity contribution in [1.82, 2.24) is 10.3 Å². The van der Waals surface area contributed by atoms with Crippen molar-refractivity contribution in [2.24, 2.45) is 0 Å². The fraction of sp³-hybridized carbons (Fsp3) is 0.444. The summed E-state index contributed by atoms with van der Waals surface area (Å²) in [5, 5.41) is 3.28. The second-order valence-corrected chi connectivity index (χ2v) is 2.84. The van der Waals surface area contributed by atoms with Gasteiger partial charge in [-0.3, -0.25) is 4.98 Å². The van der Waals surface area contributed by atoms with Gasteiger partial charge in [0.1, 0.15) is 0 Å². The van der Waals surface area contributed by atoms with Crippen LogP contribution in [-0.2, 0) is 17.9 Å². The summed E-state index contributed by atoms with van der Waals surface area (Å²) < 4.78 is 5.38. The third-order valence-corrected chi connectivity index (χ3v) is 1.96. The lowest BCUT2D eigenvalue weighted by Crippen LogP contribution is -2.23. The molecule has 2 heterocycles. The van der Waals surface area contributed by atoms with Crippen LogP contribution in [0.25, 0.3) is 0 Å². The van der Waals surface area contributed by atoms with Gasteiger partial charge in [0.2, 0.25) is 0 Å². The number of nitrogens with zero attached hydrogens (tertiary/aromatic N) is 1. The van der Waals surface area contributed by atoms with Gasteiger partial charge in [0.25, 0.3) is 0 Å². The smallest absolute Gasteiger partial charge is 0.0891 e. The van der Waals surface area contributed by atoms with E-state index in [4.69, 9.17) is 4.74 Å². The van der Waals surface area contributed by atoms with Gasteiger partial charge in [-0.25, -0.2) is 0 Å². The Hall–Kier alpha value is -0.930. The first-order valence-corrected chi connectivity index (χ1v) is 4.18. The zero-order valence-corrected chi connectivity index (χ0v) is 6.92. The van der Waals surface area contributed by atoms with E-state index >= 15 is 0 Å². The standard InChI is InChI=1S/C9H12N2O/c1-2-8-6-10-4-5-12-7-9(8)11-3-1/h1-3,10H,4-7H2. The minimum absolute atomic E-state index is 0.651. The maximum Gasteiger partial charge on any atom is 0.0891 e. The van der Waals surface area contributed by atoms with Gasteiger partial charge in [0.15, 0.2) is 0 Å². The minimum Gasteiger partial charge on any atom is -0.374 e. The fourth-order valence-electron chi connectivity index (χ4n) is 1.30. The molecule has 0 aliphatic carbocycles. The molecule has 1 N–H and O–H groups in total. The van der Waals surface area contributed by atoms with E-state index in [1.165, 1.54) is 5.56 Å². The molecule has 3 heteroatoms.